The van der Waals surface area contributed by atoms with E-state index in [-0.39, 0.29) is 0 Å². The van der Waals surface area contributed by atoms with E-state index in [0.717, 1.165) is 29.5 Å². The lowest BCUT2D eigenvalue weighted by atomic mass is 10.0. The molecule has 0 aliphatic rings. The lowest BCUT2D eigenvalue weighted by molar-refractivity contribution is 0.900. The molecule has 1 aromatic carbocycles. The van der Waals surface area contributed by atoms with Crippen LogP contribution in [0.2, 0.25) is 0 Å². The highest BCUT2D eigenvalue weighted by molar-refractivity contribution is 7.15. The van der Waals surface area contributed by atoms with Crippen LogP contribution in [-0.2, 0) is 12.6 Å². The van der Waals surface area contributed by atoms with Crippen LogP contribution >= 0.6 is 9.24 Å². The minimum Gasteiger partial charge on any atom is -0.381 e. The molecule has 0 fully saturated rings. The van der Waals surface area contributed by atoms with E-state index in [2.05, 4.69) is 59.6 Å². The largest absolute Gasteiger partial charge is 0.381 e. The molecule has 0 saturated carbocycles. The van der Waals surface area contributed by atoms with E-state index in [1.54, 1.807) is 0 Å². The van der Waals surface area contributed by atoms with E-state index in [9.17, 15) is 0 Å². The Balaban J connectivity index is 0.000000956. The average molecular weight is 290 g/mol. The van der Waals surface area contributed by atoms with Crippen LogP contribution in [-0.4, -0.2) is 11.0 Å². The Morgan fingerprint density at radius 2 is 1.95 bits per heavy atom. The van der Waals surface area contributed by atoms with E-state index >= 15 is 0 Å². The number of pyridine rings is 1. The zero-order chi connectivity index (χ0) is 15.1. The Morgan fingerprint density at radius 1 is 1.25 bits per heavy atom. The number of fused-ring (bicyclic) bond motifs is 1. The Kier molecular flexibility index (Phi) is 6.95. The number of hydrogen-bond donors (Lipinski definition) is 1. The number of hydrogen-bond acceptors (Lipinski definition) is 2. The topological polar surface area (TPSA) is 24.9 Å². The molecule has 1 unspecified atom stereocenters. The van der Waals surface area contributed by atoms with Crippen LogP contribution in [0.25, 0.3) is 10.9 Å². The normalized spacial score (nSPS) is 10.3. The maximum absolute atomic E-state index is 4.77. The molecular weight excluding hydrogens is 263 g/mol. The zero-order valence-corrected chi connectivity index (χ0v) is 14.5. The van der Waals surface area contributed by atoms with Crippen LogP contribution in [0.15, 0.2) is 24.3 Å². The summed E-state index contributed by atoms with van der Waals surface area (Å²) in [5, 5.41) is 4.75. The van der Waals surface area contributed by atoms with Crippen molar-refractivity contribution in [3.05, 3.63) is 35.5 Å². The van der Waals surface area contributed by atoms with Crippen molar-refractivity contribution >= 4 is 25.8 Å². The number of aryl methyl sites for hydroxylation is 1. The van der Waals surface area contributed by atoms with Gasteiger partial charge in [-0.2, -0.15) is 0 Å². The number of aromatic nitrogens is 1. The number of nitrogens with one attached hydrogen (secondary N) is 1. The summed E-state index contributed by atoms with van der Waals surface area (Å²) in [7, 11) is 2.75. The van der Waals surface area contributed by atoms with Crippen LogP contribution in [0.5, 0.6) is 0 Å². The summed E-state index contributed by atoms with van der Waals surface area (Å²) < 4.78 is 0. The van der Waals surface area contributed by atoms with Crippen molar-refractivity contribution in [2.75, 3.05) is 5.32 Å². The summed E-state index contributed by atoms with van der Waals surface area (Å²) in [6.07, 6.45) is 1.95. The predicted molar refractivity (Wildman–Crippen MR) is 94.6 cm³/mol. The molecule has 1 atom stereocenters. The van der Waals surface area contributed by atoms with Gasteiger partial charge >= 0.3 is 0 Å². The maximum Gasteiger partial charge on any atom is 0.0939 e. The predicted octanol–water partition coefficient (Wildman–Crippen LogP) is 5.02. The molecule has 1 heterocycles. The number of para-hydroxylation sites is 1. The molecule has 2 rings (SSSR count). The maximum atomic E-state index is 4.77. The highest BCUT2D eigenvalue weighted by Gasteiger charge is 2.08. The summed E-state index contributed by atoms with van der Waals surface area (Å²) in [4.78, 5) is 4.77. The van der Waals surface area contributed by atoms with Crippen molar-refractivity contribution in [2.45, 2.75) is 53.2 Å². The highest BCUT2D eigenvalue weighted by atomic mass is 31.0. The van der Waals surface area contributed by atoms with Gasteiger partial charge < -0.3 is 5.32 Å². The smallest absolute Gasteiger partial charge is 0.0939 e. The molecule has 2 nitrogen and oxygen atoms in total. The number of anilines is 1. The molecule has 110 valence electrons. The van der Waals surface area contributed by atoms with Crippen LogP contribution in [0.4, 0.5) is 5.69 Å². The standard InChI is InChI=1S/C15H21N2P.C2H6/c1-4-11-8-12(9-18)17-15-13(11)6-5-7-14(15)16-10(2)3;1-2/h5-8,10,16H,4,9,18H2,1-3H3;1-2H3. The molecule has 1 aromatic heterocycles. The van der Waals surface area contributed by atoms with Crippen molar-refractivity contribution in [3.8, 4) is 0 Å². The lowest BCUT2D eigenvalue weighted by Gasteiger charge is -2.14. The van der Waals surface area contributed by atoms with E-state index in [4.69, 9.17) is 4.98 Å². The molecule has 0 saturated heterocycles. The quantitative estimate of drug-likeness (QED) is 0.800. The van der Waals surface area contributed by atoms with Crippen molar-refractivity contribution in [1.29, 1.82) is 0 Å². The Bertz CT molecular complexity index is 550. The minimum absolute atomic E-state index is 0.419. The fraction of sp³-hybridized carbons (Fsp3) is 0.471. The van der Waals surface area contributed by atoms with E-state index in [1.165, 1.54) is 10.9 Å². The summed E-state index contributed by atoms with van der Waals surface area (Å²) in [6.45, 7) is 10.5. The van der Waals surface area contributed by atoms with Crippen molar-refractivity contribution in [3.63, 3.8) is 0 Å². The third kappa shape index (κ3) is 3.93. The van der Waals surface area contributed by atoms with Crippen LogP contribution < -0.4 is 5.32 Å². The molecule has 20 heavy (non-hydrogen) atoms. The Hall–Kier alpha value is -1.14. The van der Waals surface area contributed by atoms with Gasteiger partial charge in [0.2, 0.25) is 0 Å². The summed E-state index contributed by atoms with van der Waals surface area (Å²) in [5.74, 6) is 0. The summed E-state index contributed by atoms with van der Waals surface area (Å²) in [5.41, 5.74) is 4.76. The second-order valence-corrected chi connectivity index (χ2v) is 5.24. The average Bonchev–Trinajstić information content (AvgIpc) is 2.48. The van der Waals surface area contributed by atoms with E-state index < -0.39 is 0 Å². The Labute approximate surface area is 125 Å². The van der Waals surface area contributed by atoms with Crippen LogP contribution in [0.1, 0.15) is 45.9 Å². The first-order valence-electron chi connectivity index (χ1n) is 7.53. The highest BCUT2D eigenvalue weighted by Crippen LogP contribution is 2.26. The molecule has 0 aliphatic heterocycles. The third-order valence-electron chi connectivity index (χ3n) is 3.01. The van der Waals surface area contributed by atoms with Gasteiger partial charge in [0.05, 0.1) is 11.2 Å². The van der Waals surface area contributed by atoms with Gasteiger partial charge in [-0.1, -0.05) is 32.9 Å². The second kappa shape index (κ2) is 8.21. The number of benzene rings is 1. The van der Waals surface area contributed by atoms with Crippen LogP contribution in [0.3, 0.4) is 0 Å². The first-order chi connectivity index (χ1) is 9.65. The molecule has 2 aromatic rings. The van der Waals surface area contributed by atoms with Gasteiger partial charge in [-0.25, -0.2) is 0 Å². The third-order valence-corrected chi connectivity index (χ3v) is 3.43. The molecule has 3 heteroatoms. The van der Waals surface area contributed by atoms with Gasteiger partial charge in [-0.15, -0.1) is 9.24 Å². The molecule has 0 radical (unpaired) electrons. The van der Waals surface area contributed by atoms with Crippen molar-refractivity contribution < 1.29 is 0 Å². The zero-order valence-electron chi connectivity index (χ0n) is 13.3. The first kappa shape index (κ1) is 16.9. The fourth-order valence-corrected chi connectivity index (χ4v) is 2.41. The molecular formula is C17H27N2P. The van der Waals surface area contributed by atoms with Crippen molar-refractivity contribution in [2.24, 2.45) is 0 Å². The lowest BCUT2D eigenvalue weighted by Crippen LogP contribution is -2.10. The fourth-order valence-electron chi connectivity index (χ4n) is 2.20. The van der Waals surface area contributed by atoms with Gasteiger partial charge in [-0.05, 0) is 38.0 Å². The van der Waals surface area contributed by atoms with Gasteiger partial charge in [0, 0.05) is 23.3 Å². The minimum atomic E-state index is 0.419. The number of rotatable bonds is 4. The first-order valence-corrected chi connectivity index (χ1v) is 8.35. The number of nitrogens with zero attached hydrogens (tertiary/aromatic N) is 1. The molecule has 1 N–H and O–H groups in total. The van der Waals surface area contributed by atoms with Gasteiger partial charge in [0.25, 0.3) is 0 Å². The van der Waals surface area contributed by atoms with Gasteiger partial charge in [-0.3, -0.25) is 4.98 Å². The van der Waals surface area contributed by atoms with E-state index in [1.807, 2.05) is 13.8 Å². The SMILES string of the molecule is CC.CCc1cc(CP)nc2c(NC(C)C)cccc12. The van der Waals surface area contributed by atoms with Gasteiger partial charge in [0.15, 0.2) is 0 Å². The molecule has 0 amide bonds. The summed E-state index contributed by atoms with van der Waals surface area (Å²) in [6, 6.07) is 9.02. The van der Waals surface area contributed by atoms with Gasteiger partial charge in [0.1, 0.15) is 0 Å². The van der Waals surface area contributed by atoms with Crippen LogP contribution in [0, 0.1) is 0 Å². The van der Waals surface area contributed by atoms with E-state index in [0.29, 0.717) is 6.04 Å². The Morgan fingerprint density at radius 3 is 2.50 bits per heavy atom. The monoisotopic (exact) mass is 290 g/mol. The second-order valence-electron chi connectivity index (χ2n) is 4.83. The molecule has 0 aliphatic carbocycles. The molecule has 0 bridgehead atoms. The molecule has 0 spiro atoms. The van der Waals surface area contributed by atoms with Crippen molar-refractivity contribution in [1.82, 2.24) is 4.98 Å². The summed E-state index contributed by atoms with van der Waals surface area (Å²) >= 11 is 0.